The number of cyclic esters (lactones) is 2. The van der Waals surface area contributed by atoms with E-state index in [0.717, 1.165) is 11.1 Å². The van der Waals surface area contributed by atoms with Gasteiger partial charge in [0.05, 0.1) is 17.9 Å². The zero-order valence-electron chi connectivity index (χ0n) is 16.3. The number of amides is 1. The molecule has 2 aromatic carbocycles. The summed E-state index contributed by atoms with van der Waals surface area (Å²) in [5, 5.41) is 0. The SMILES string of the molecule is O=C1OC(=O)[C@H]2CC=C3CN(C(=O)Oc4ccccc4)[C@@H](c4ccccc4)C[C@H]3[C@@H]12. The van der Waals surface area contributed by atoms with Crippen LogP contribution in [0, 0.1) is 17.8 Å². The molecular formula is C24H21NO5. The first-order valence-electron chi connectivity index (χ1n) is 10.1. The third-order valence-corrected chi connectivity index (χ3v) is 6.33. The second kappa shape index (κ2) is 7.44. The highest BCUT2D eigenvalue weighted by Crippen LogP contribution is 2.48. The molecule has 0 unspecified atom stereocenters. The van der Waals surface area contributed by atoms with E-state index in [0.29, 0.717) is 25.1 Å². The third kappa shape index (κ3) is 3.18. The van der Waals surface area contributed by atoms with Gasteiger partial charge in [-0.3, -0.25) is 14.5 Å². The molecule has 2 aromatic rings. The number of fused-ring (bicyclic) bond motifs is 3. The van der Waals surface area contributed by atoms with E-state index in [2.05, 4.69) is 0 Å². The van der Waals surface area contributed by atoms with Gasteiger partial charge in [0, 0.05) is 6.54 Å². The standard InChI is InChI=1S/C24H21NO5/c26-22-18-12-11-16-14-25(24(28)29-17-9-5-2-6-10-17)20(15-7-3-1-4-8-15)13-19(16)21(18)23(27)30-22/h1-11,18-21H,12-14H2/t18-,19+,20+,21-/m0/s1. The summed E-state index contributed by atoms with van der Waals surface area (Å²) in [4.78, 5) is 39.3. The number of para-hydroxylation sites is 1. The maximum absolute atomic E-state index is 13.1. The van der Waals surface area contributed by atoms with E-state index >= 15 is 0 Å². The number of esters is 2. The molecule has 3 aliphatic rings. The Kier molecular flexibility index (Phi) is 4.62. The van der Waals surface area contributed by atoms with Crippen LogP contribution in [-0.4, -0.2) is 29.5 Å². The molecule has 1 amide bonds. The number of rotatable bonds is 2. The van der Waals surface area contributed by atoms with Gasteiger partial charge in [-0.25, -0.2) is 4.79 Å². The molecule has 2 aliphatic heterocycles. The fourth-order valence-electron chi connectivity index (χ4n) is 4.89. The summed E-state index contributed by atoms with van der Waals surface area (Å²) in [6.07, 6.45) is 2.58. The van der Waals surface area contributed by atoms with Gasteiger partial charge >= 0.3 is 18.0 Å². The van der Waals surface area contributed by atoms with Crippen LogP contribution in [0.2, 0.25) is 0 Å². The molecule has 0 radical (unpaired) electrons. The molecule has 2 heterocycles. The van der Waals surface area contributed by atoms with E-state index in [1.165, 1.54) is 0 Å². The van der Waals surface area contributed by atoms with Crippen LogP contribution in [0.4, 0.5) is 4.79 Å². The van der Waals surface area contributed by atoms with Crippen LogP contribution in [0.1, 0.15) is 24.4 Å². The monoisotopic (exact) mass is 403 g/mol. The Morgan fingerprint density at radius 1 is 0.933 bits per heavy atom. The number of hydrogen-bond donors (Lipinski definition) is 0. The largest absolute Gasteiger partial charge is 0.416 e. The highest BCUT2D eigenvalue weighted by Gasteiger charge is 2.53. The van der Waals surface area contributed by atoms with Gasteiger partial charge in [-0.15, -0.1) is 0 Å². The van der Waals surface area contributed by atoms with Crippen molar-refractivity contribution in [2.24, 2.45) is 17.8 Å². The first-order chi connectivity index (χ1) is 14.6. The minimum absolute atomic E-state index is 0.117. The molecule has 2 fully saturated rings. The third-order valence-electron chi connectivity index (χ3n) is 6.33. The predicted molar refractivity (Wildman–Crippen MR) is 107 cm³/mol. The molecule has 6 heteroatoms. The van der Waals surface area contributed by atoms with Crippen LogP contribution in [0.25, 0.3) is 0 Å². The topological polar surface area (TPSA) is 72.9 Å². The van der Waals surface area contributed by atoms with Gasteiger partial charge < -0.3 is 9.47 Å². The summed E-state index contributed by atoms with van der Waals surface area (Å²) in [6.45, 7) is 0.362. The van der Waals surface area contributed by atoms with Gasteiger partial charge in [0.2, 0.25) is 0 Å². The van der Waals surface area contributed by atoms with Crippen molar-refractivity contribution >= 4 is 18.0 Å². The molecule has 2 saturated heterocycles. The fourth-order valence-corrected chi connectivity index (χ4v) is 4.89. The van der Waals surface area contributed by atoms with Crippen molar-refractivity contribution in [3.63, 3.8) is 0 Å². The van der Waals surface area contributed by atoms with Crippen LogP contribution < -0.4 is 4.74 Å². The summed E-state index contributed by atoms with van der Waals surface area (Å²) in [7, 11) is 0. The number of benzene rings is 2. The molecule has 30 heavy (non-hydrogen) atoms. The average Bonchev–Trinajstić information content (AvgIpc) is 3.08. The number of carbonyl (C=O) groups is 3. The average molecular weight is 403 g/mol. The molecule has 0 saturated carbocycles. The number of ether oxygens (including phenoxy) is 2. The summed E-state index contributed by atoms with van der Waals surface area (Å²) < 4.78 is 10.6. The van der Waals surface area contributed by atoms with Crippen LogP contribution in [-0.2, 0) is 14.3 Å². The van der Waals surface area contributed by atoms with Gasteiger partial charge in [-0.05, 0) is 36.5 Å². The zero-order valence-corrected chi connectivity index (χ0v) is 16.3. The van der Waals surface area contributed by atoms with E-state index in [-0.39, 0.29) is 12.0 Å². The van der Waals surface area contributed by atoms with Gasteiger partial charge in [-0.1, -0.05) is 60.2 Å². The minimum atomic E-state index is -0.462. The molecule has 0 aromatic heterocycles. The highest BCUT2D eigenvalue weighted by atomic mass is 16.6. The smallest absolute Gasteiger partial charge is 0.410 e. The van der Waals surface area contributed by atoms with Crippen molar-refractivity contribution < 1.29 is 23.9 Å². The number of allylic oxidation sites excluding steroid dienone is 1. The quantitative estimate of drug-likeness (QED) is 0.432. The second-order valence-electron chi connectivity index (χ2n) is 7.96. The van der Waals surface area contributed by atoms with E-state index in [1.54, 1.807) is 17.0 Å². The fraction of sp³-hybridized carbons (Fsp3) is 0.292. The van der Waals surface area contributed by atoms with E-state index in [4.69, 9.17) is 9.47 Å². The number of nitrogens with zero attached hydrogens (tertiary/aromatic N) is 1. The van der Waals surface area contributed by atoms with Crippen molar-refractivity contribution in [1.82, 2.24) is 4.90 Å². The van der Waals surface area contributed by atoms with Crippen molar-refractivity contribution in [2.75, 3.05) is 6.54 Å². The number of carbonyl (C=O) groups excluding carboxylic acids is 3. The maximum Gasteiger partial charge on any atom is 0.416 e. The van der Waals surface area contributed by atoms with Gasteiger partial charge in [0.1, 0.15) is 5.75 Å². The summed E-state index contributed by atoms with van der Waals surface area (Å²) >= 11 is 0. The highest BCUT2D eigenvalue weighted by molar-refractivity contribution is 5.97. The number of hydrogen-bond acceptors (Lipinski definition) is 5. The van der Waals surface area contributed by atoms with Crippen molar-refractivity contribution in [3.8, 4) is 5.75 Å². The van der Waals surface area contributed by atoms with Crippen molar-refractivity contribution in [1.29, 1.82) is 0 Å². The maximum atomic E-state index is 13.1. The second-order valence-corrected chi connectivity index (χ2v) is 7.96. The molecular weight excluding hydrogens is 382 g/mol. The summed E-state index contributed by atoms with van der Waals surface area (Å²) in [6, 6.07) is 18.4. The molecule has 0 spiro atoms. The number of likely N-dealkylation sites (tertiary alicyclic amines) is 1. The van der Waals surface area contributed by atoms with E-state index in [9.17, 15) is 14.4 Å². The Balaban J connectivity index is 1.48. The first kappa shape index (κ1) is 18.6. The molecule has 1 aliphatic carbocycles. The van der Waals surface area contributed by atoms with E-state index in [1.807, 2.05) is 54.6 Å². The lowest BCUT2D eigenvalue weighted by molar-refractivity contribution is -0.154. The van der Waals surface area contributed by atoms with Crippen LogP contribution >= 0.6 is 0 Å². The Morgan fingerprint density at radius 2 is 1.63 bits per heavy atom. The van der Waals surface area contributed by atoms with Crippen LogP contribution in [0.15, 0.2) is 72.3 Å². The summed E-state index contributed by atoms with van der Waals surface area (Å²) in [5.74, 6) is -1.37. The van der Waals surface area contributed by atoms with Gasteiger partial charge in [0.15, 0.2) is 0 Å². The van der Waals surface area contributed by atoms with Crippen molar-refractivity contribution in [2.45, 2.75) is 18.9 Å². The molecule has 4 atom stereocenters. The normalized spacial score (nSPS) is 27.6. The van der Waals surface area contributed by atoms with Crippen molar-refractivity contribution in [3.05, 3.63) is 77.9 Å². The lowest BCUT2D eigenvalue weighted by Gasteiger charge is -2.44. The lowest BCUT2D eigenvalue weighted by atomic mass is 9.68. The van der Waals surface area contributed by atoms with Gasteiger partial charge in [-0.2, -0.15) is 0 Å². The van der Waals surface area contributed by atoms with Gasteiger partial charge in [0.25, 0.3) is 0 Å². The Labute approximate surface area is 174 Å². The molecule has 0 N–H and O–H groups in total. The first-order valence-corrected chi connectivity index (χ1v) is 10.1. The Hall–Kier alpha value is -3.41. The van der Waals surface area contributed by atoms with Crippen LogP contribution in [0.5, 0.6) is 5.75 Å². The van der Waals surface area contributed by atoms with Crippen LogP contribution in [0.3, 0.4) is 0 Å². The van der Waals surface area contributed by atoms with E-state index < -0.39 is 29.9 Å². The molecule has 6 nitrogen and oxygen atoms in total. The lowest BCUT2D eigenvalue weighted by Crippen LogP contribution is -2.47. The zero-order chi connectivity index (χ0) is 20.7. The number of piperidine rings is 1. The predicted octanol–water partition coefficient (Wildman–Crippen LogP) is 3.89. The molecule has 152 valence electrons. The molecule has 5 rings (SSSR count). The summed E-state index contributed by atoms with van der Waals surface area (Å²) in [5.41, 5.74) is 1.97. The Morgan fingerprint density at radius 3 is 2.37 bits per heavy atom. The Bertz CT molecular complexity index is 1020. The molecule has 0 bridgehead atoms. The minimum Gasteiger partial charge on any atom is -0.410 e.